The lowest BCUT2D eigenvalue weighted by molar-refractivity contribution is -0.137. The Morgan fingerprint density at radius 3 is 2.40 bits per heavy atom. The summed E-state index contributed by atoms with van der Waals surface area (Å²) in [5, 5.41) is 8.84. The molecule has 106 valence electrons. The number of rotatable bonds is 2. The van der Waals surface area contributed by atoms with Crippen molar-refractivity contribution in [2.75, 3.05) is 5.73 Å². The molecule has 0 fully saturated rings. The van der Waals surface area contributed by atoms with Crippen LogP contribution in [-0.4, -0.2) is 11.1 Å². The van der Waals surface area contributed by atoms with Gasteiger partial charge in [0, 0.05) is 10.4 Å². The third-order valence-corrected chi connectivity index (χ3v) is 3.69. The summed E-state index contributed by atoms with van der Waals surface area (Å²) in [6.07, 6.45) is -4.61. The first-order chi connectivity index (χ1) is 9.20. The molecule has 1 heterocycles. The smallest absolute Gasteiger partial charge is 0.416 e. The minimum Gasteiger partial charge on any atom is -0.477 e. The number of thiophene rings is 1. The van der Waals surface area contributed by atoms with Gasteiger partial charge in [0.15, 0.2) is 0 Å². The molecule has 0 aliphatic heterocycles. The molecule has 2 aromatic rings. The van der Waals surface area contributed by atoms with E-state index < -0.39 is 23.5 Å². The summed E-state index contributed by atoms with van der Waals surface area (Å²) in [6.45, 7) is 0. The number of halogens is 4. The Morgan fingerprint density at radius 1 is 1.25 bits per heavy atom. The summed E-state index contributed by atoms with van der Waals surface area (Å²) in [5.74, 6) is -2.19. The molecular weight excluding hydrogens is 298 g/mol. The fraction of sp³-hybridized carbons (Fsp3) is 0.0833. The summed E-state index contributed by atoms with van der Waals surface area (Å²) in [7, 11) is 0. The molecular formula is C12H7F4NO2S. The quantitative estimate of drug-likeness (QED) is 0.828. The Labute approximate surface area is 114 Å². The minimum atomic E-state index is -4.61. The van der Waals surface area contributed by atoms with E-state index in [1.54, 1.807) is 0 Å². The number of nitrogens with two attached hydrogens (primary N) is 1. The maximum absolute atomic E-state index is 13.6. The zero-order valence-corrected chi connectivity index (χ0v) is 10.5. The molecule has 0 aliphatic rings. The molecule has 1 aromatic carbocycles. The third-order valence-electron chi connectivity index (χ3n) is 2.51. The first-order valence-corrected chi connectivity index (χ1v) is 6.01. The van der Waals surface area contributed by atoms with E-state index in [4.69, 9.17) is 10.8 Å². The van der Waals surface area contributed by atoms with Gasteiger partial charge in [0.1, 0.15) is 10.7 Å². The summed E-state index contributed by atoms with van der Waals surface area (Å²) >= 11 is 0.622. The number of hydrogen-bond acceptors (Lipinski definition) is 3. The number of benzene rings is 1. The maximum Gasteiger partial charge on any atom is 0.416 e. The number of aromatic carboxylic acids is 1. The SMILES string of the molecule is Nc1cc(-c2cc(C(F)(F)F)ccc2F)sc1C(=O)O. The number of carboxylic acid groups (broad SMARTS) is 1. The number of nitrogen functional groups attached to an aromatic ring is 1. The van der Waals surface area contributed by atoms with Crippen LogP contribution in [0.2, 0.25) is 0 Å². The van der Waals surface area contributed by atoms with Crippen molar-refractivity contribution in [3.8, 4) is 10.4 Å². The molecule has 8 heteroatoms. The van der Waals surface area contributed by atoms with E-state index in [0.717, 1.165) is 6.07 Å². The van der Waals surface area contributed by atoms with Crippen LogP contribution in [0.25, 0.3) is 10.4 Å². The van der Waals surface area contributed by atoms with Crippen LogP contribution in [0.5, 0.6) is 0 Å². The van der Waals surface area contributed by atoms with E-state index in [2.05, 4.69) is 0 Å². The third kappa shape index (κ3) is 2.60. The van der Waals surface area contributed by atoms with E-state index in [9.17, 15) is 22.4 Å². The lowest BCUT2D eigenvalue weighted by atomic mass is 10.1. The molecule has 0 atom stereocenters. The van der Waals surface area contributed by atoms with Crippen LogP contribution in [-0.2, 0) is 6.18 Å². The van der Waals surface area contributed by atoms with Gasteiger partial charge >= 0.3 is 12.1 Å². The molecule has 3 nitrogen and oxygen atoms in total. The zero-order valence-electron chi connectivity index (χ0n) is 9.66. The Bertz CT molecular complexity index is 679. The highest BCUT2D eigenvalue weighted by Gasteiger charge is 2.31. The molecule has 0 aliphatic carbocycles. The van der Waals surface area contributed by atoms with Gasteiger partial charge in [-0.1, -0.05) is 0 Å². The molecule has 0 radical (unpaired) electrons. The zero-order chi connectivity index (χ0) is 15.1. The van der Waals surface area contributed by atoms with Gasteiger partial charge in [-0.3, -0.25) is 0 Å². The van der Waals surface area contributed by atoms with E-state index in [-0.39, 0.29) is 21.0 Å². The Hall–Kier alpha value is -2.09. The van der Waals surface area contributed by atoms with Crippen molar-refractivity contribution < 1.29 is 27.5 Å². The minimum absolute atomic E-state index is 0.0310. The van der Waals surface area contributed by atoms with Crippen LogP contribution in [0, 0.1) is 5.82 Å². The summed E-state index contributed by atoms with van der Waals surface area (Å²) in [6, 6.07) is 3.08. The maximum atomic E-state index is 13.6. The largest absolute Gasteiger partial charge is 0.477 e. The van der Waals surface area contributed by atoms with Gasteiger partial charge in [-0.05, 0) is 24.3 Å². The molecule has 20 heavy (non-hydrogen) atoms. The number of anilines is 1. The predicted molar refractivity (Wildman–Crippen MR) is 66.1 cm³/mol. The Balaban J connectivity index is 2.57. The highest BCUT2D eigenvalue weighted by Crippen LogP contribution is 2.38. The highest BCUT2D eigenvalue weighted by atomic mass is 32.1. The molecule has 0 unspecified atom stereocenters. The number of hydrogen-bond donors (Lipinski definition) is 2. The van der Waals surface area contributed by atoms with E-state index in [0.29, 0.717) is 29.5 Å². The first-order valence-electron chi connectivity index (χ1n) is 5.20. The first kappa shape index (κ1) is 14.3. The predicted octanol–water partition coefficient (Wildman–Crippen LogP) is 3.85. The second kappa shape index (κ2) is 4.78. The van der Waals surface area contributed by atoms with Gasteiger partial charge in [0.25, 0.3) is 0 Å². The lowest BCUT2D eigenvalue weighted by Crippen LogP contribution is -2.05. The van der Waals surface area contributed by atoms with Crippen molar-refractivity contribution in [3.63, 3.8) is 0 Å². The highest BCUT2D eigenvalue weighted by molar-refractivity contribution is 7.17. The van der Waals surface area contributed by atoms with Gasteiger partial charge in [-0.15, -0.1) is 11.3 Å². The summed E-state index contributed by atoms with van der Waals surface area (Å²) in [4.78, 5) is 10.6. The van der Waals surface area contributed by atoms with Crippen molar-refractivity contribution in [1.82, 2.24) is 0 Å². The second-order valence-electron chi connectivity index (χ2n) is 3.89. The van der Waals surface area contributed by atoms with Crippen molar-refractivity contribution in [1.29, 1.82) is 0 Å². The van der Waals surface area contributed by atoms with E-state index >= 15 is 0 Å². The van der Waals surface area contributed by atoms with Crippen LogP contribution in [0.15, 0.2) is 24.3 Å². The van der Waals surface area contributed by atoms with Crippen LogP contribution in [0.3, 0.4) is 0 Å². The normalized spacial score (nSPS) is 11.6. The molecule has 0 spiro atoms. The van der Waals surface area contributed by atoms with Crippen molar-refractivity contribution in [3.05, 3.63) is 40.5 Å². The molecule has 0 saturated carbocycles. The van der Waals surface area contributed by atoms with Gasteiger partial charge in [0.2, 0.25) is 0 Å². The standard InChI is InChI=1S/C12H7F4NO2S/c13-7-2-1-5(12(14,15)16)3-6(7)9-4-8(17)10(20-9)11(18)19/h1-4H,17H2,(H,18,19). The molecule has 0 amide bonds. The van der Waals surface area contributed by atoms with Crippen LogP contribution in [0.1, 0.15) is 15.2 Å². The lowest BCUT2D eigenvalue weighted by Gasteiger charge is -2.08. The van der Waals surface area contributed by atoms with Crippen molar-refractivity contribution >= 4 is 23.0 Å². The van der Waals surface area contributed by atoms with Gasteiger partial charge < -0.3 is 10.8 Å². The van der Waals surface area contributed by atoms with Crippen molar-refractivity contribution in [2.45, 2.75) is 6.18 Å². The molecule has 0 bridgehead atoms. The fourth-order valence-electron chi connectivity index (χ4n) is 1.60. The average Bonchev–Trinajstić information content (AvgIpc) is 2.70. The Morgan fingerprint density at radius 2 is 1.90 bits per heavy atom. The van der Waals surface area contributed by atoms with Gasteiger partial charge in [-0.2, -0.15) is 13.2 Å². The molecule has 3 N–H and O–H groups in total. The Kier molecular flexibility index (Phi) is 3.43. The monoisotopic (exact) mass is 305 g/mol. The average molecular weight is 305 g/mol. The molecule has 0 saturated heterocycles. The number of alkyl halides is 3. The van der Waals surface area contributed by atoms with Crippen LogP contribution < -0.4 is 5.73 Å². The number of carboxylic acids is 1. The van der Waals surface area contributed by atoms with E-state index in [1.165, 1.54) is 0 Å². The van der Waals surface area contributed by atoms with Gasteiger partial charge in [0.05, 0.1) is 11.3 Å². The van der Waals surface area contributed by atoms with Crippen LogP contribution >= 0.6 is 11.3 Å². The topological polar surface area (TPSA) is 63.3 Å². The summed E-state index contributed by atoms with van der Waals surface area (Å²) < 4.78 is 51.4. The number of carbonyl (C=O) groups is 1. The van der Waals surface area contributed by atoms with Crippen LogP contribution in [0.4, 0.5) is 23.2 Å². The van der Waals surface area contributed by atoms with Crippen molar-refractivity contribution in [2.24, 2.45) is 0 Å². The molecule has 2 rings (SSSR count). The molecule has 1 aromatic heterocycles. The summed E-state index contributed by atoms with van der Waals surface area (Å²) in [5.41, 5.74) is 3.98. The second-order valence-corrected chi connectivity index (χ2v) is 4.94. The van der Waals surface area contributed by atoms with Gasteiger partial charge in [-0.25, -0.2) is 9.18 Å². The van der Waals surface area contributed by atoms with E-state index in [1.807, 2.05) is 0 Å². The fourth-order valence-corrected chi connectivity index (χ4v) is 2.53.